The van der Waals surface area contributed by atoms with E-state index in [0.29, 0.717) is 6.04 Å². The lowest BCUT2D eigenvalue weighted by Crippen LogP contribution is -2.27. The van der Waals surface area contributed by atoms with Gasteiger partial charge in [-0.25, -0.2) is 0 Å². The lowest BCUT2D eigenvalue weighted by molar-refractivity contribution is 0.0963. The average molecular weight is 260 g/mol. The van der Waals surface area contributed by atoms with Crippen molar-refractivity contribution < 1.29 is 4.79 Å². The van der Waals surface area contributed by atoms with E-state index in [9.17, 15) is 4.79 Å². The standard InChI is InChI=1S/C16H24N2O/c1-17-16(19)14-10-8-13(9-11-14)12-18-15-6-4-2-3-5-7-15/h8-11,15,18H,2-7,12H2,1H3,(H,17,19). The number of carbonyl (C=O) groups is 1. The van der Waals surface area contributed by atoms with Crippen LogP contribution in [-0.2, 0) is 6.54 Å². The molecule has 0 spiro atoms. The maximum atomic E-state index is 11.4. The molecular formula is C16H24N2O. The molecule has 3 nitrogen and oxygen atoms in total. The highest BCUT2D eigenvalue weighted by Gasteiger charge is 2.11. The summed E-state index contributed by atoms with van der Waals surface area (Å²) in [5.74, 6) is -0.0247. The Morgan fingerprint density at radius 1 is 1.11 bits per heavy atom. The van der Waals surface area contributed by atoms with E-state index in [1.165, 1.54) is 44.1 Å². The second-order valence-electron chi connectivity index (χ2n) is 5.35. The van der Waals surface area contributed by atoms with Gasteiger partial charge in [-0.05, 0) is 30.5 Å². The third-order valence-corrected chi connectivity index (χ3v) is 3.89. The Balaban J connectivity index is 1.83. The SMILES string of the molecule is CNC(=O)c1ccc(CNC2CCCCCC2)cc1. The van der Waals surface area contributed by atoms with E-state index in [2.05, 4.69) is 10.6 Å². The highest BCUT2D eigenvalue weighted by Crippen LogP contribution is 2.17. The van der Waals surface area contributed by atoms with Crippen LogP contribution < -0.4 is 10.6 Å². The van der Waals surface area contributed by atoms with Crippen LogP contribution in [0.4, 0.5) is 0 Å². The molecule has 0 aromatic heterocycles. The Morgan fingerprint density at radius 2 is 1.74 bits per heavy atom. The Labute approximate surface area is 115 Å². The first-order valence-electron chi connectivity index (χ1n) is 7.34. The molecule has 0 aliphatic heterocycles. The van der Waals surface area contributed by atoms with Crippen LogP contribution in [0, 0.1) is 0 Å². The molecule has 2 N–H and O–H groups in total. The van der Waals surface area contributed by atoms with E-state index >= 15 is 0 Å². The average Bonchev–Trinajstić information content (AvgIpc) is 2.73. The predicted octanol–water partition coefficient (Wildman–Crippen LogP) is 2.86. The summed E-state index contributed by atoms with van der Waals surface area (Å²) in [6.07, 6.45) is 8.09. The molecule has 0 unspecified atom stereocenters. The molecule has 3 heteroatoms. The molecule has 19 heavy (non-hydrogen) atoms. The van der Waals surface area contributed by atoms with Crippen molar-refractivity contribution in [3.63, 3.8) is 0 Å². The zero-order valence-corrected chi connectivity index (χ0v) is 11.7. The van der Waals surface area contributed by atoms with E-state index < -0.39 is 0 Å². The summed E-state index contributed by atoms with van der Waals surface area (Å²) in [7, 11) is 1.66. The van der Waals surface area contributed by atoms with Crippen molar-refractivity contribution in [1.29, 1.82) is 0 Å². The highest BCUT2D eigenvalue weighted by atomic mass is 16.1. The summed E-state index contributed by atoms with van der Waals surface area (Å²) in [5, 5.41) is 6.28. The van der Waals surface area contributed by atoms with Gasteiger partial charge in [0.25, 0.3) is 5.91 Å². The summed E-state index contributed by atoms with van der Waals surface area (Å²) < 4.78 is 0. The maximum absolute atomic E-state index is 11.4. The number of hydrogen-bond donors (Lipinski definition) is 2. The maximum Gasteiger partial charge on any atom is 0.251 e. The molecule has 0 radical (unpaired) electrons. The molecule has 0 saturated heterocycles. The number of nitrogens with one attached hydrogen (secondary N) is 2. The molecule has 0 atom stereocenters. The van der Waals surface area contributed by atoms with Crippen molar-refractivity contribution >= 4 is 5.91 Å². The first kappa shape index (κ1) is 14.1. The normalized spacial score (nSPS) is 16.9. The van der Waals surface area contributed by atoms with Crippen molar-refractivity contribution in [3.8, 4) is 0 Å². The fraction of sp³-hybridized carbons (Fsp3) is 0.562. The van der Waals surface area contributed by atoms with Gasteiger partial charge in [-0.15, -0.1) is 0 Å². The summed E-state index contributed by atoms with van der Waals surface area (Å²) in [6, 6.07) is 8.52. The molecule has 1 fully saturated rings. The van der Waals surface area contributed by atoms with Gasteiger partial charge in [0.2, 0.25) is 0 Å². The van der Waals surface area contributed by atoms with Crippen LogP contribution in [0.3, 0.4) is 0 Å². The second kappa shape index (κ2) is 7.29. The predicted molar refractivity (Wildman–Crippen MR) is 78.2 cm³/mol. The van der Waals surface area contributed by atoms with Crippen molar-refractivity contribution in [2.24, 2.45) is 0 Å². The van der Waals surface area contributed by atoms with Crippen LogP contribution in [0.15, 0.2) is 24.3 Å². The van der Waals surface area contributed by atoms with Gasteiger partial charge in [0.1, 0.15) is 0 Å². The van der Waals surface area contributed by atoms with E-state index in [1.807, 2.05) is 24.3 Å². The zero-order chi connectivity index (χ0) is 13.5. The molecule has 1 amide bonds. The van der Waals surface area contributed by atoms with Gasteiger partial charge in [0.05, 0.1) is 0 Å². The molecule has 104 valence electrons. The van der Waals surface area contributed by atoms with Gasteiger partial charge in [-0.2, -0.15) is 0 Å². The summed E-state index contributed by atoms with van der Waals surface area (Å²) in [6.45, 7) is 0.901. The zero-order valence-electron chi connectivity index (χ0n) is 11.7. The van der Waals surface area contributed by atoms with Gasteiger partial charge in [0.15, 0.2) is 0 Å². The largest absolute Gasteiger partial charge is 0.355 e. The van der Waals surface area contributed by atoms with Crippen LogP contribution in [0.1, 0.15) is 54.4 Å². The van der Waals surface area contributed by atoms with E-state index in [0.717, 1.165) is 12.1 Å². The molecular weight excluding hydrogens is 236 g/mol. The number of benzene rings is 1. The van der Waals surface area contributed by atoms with E-state index in [1.54, 1.807) is 7.05 Å². The molecule has 1 saturated carbocycles. The molecule has 2 rings (SSSR count). The summed E-state index contributed by atoms with van der Waals surface area (Å²) in [5.41, 5.74) is 1.97. The van der Waals surface area contributed by atoms with Crippen molar-refractivity contribution in [1.82, 2.24) is 10.6 Å². The fourth-order valence-corrected chi connectivity index (χ4v) is 2.66. The van der Waals surface area contributed by atoms with E-state index in [-0.39, 0.29) is 5.91 Å². The van der Waals surface area contributed by atoms with Crippen molar-refractivity contribution in [2.75, 3.05) is 7.05 Å². The highest BCUT2D eigenvalue weighted by molar-refractivity contribution is 5.93. The summed E-state index contributed by atoms with van der Waals surface area (Å²) >= 11 is 0. The Kier molecular flexibility index (Phi) is 5.40. The fourth-order valence-electron chi connectivity index (χ4n) is 2.66. The lowest BCUT2D eigenvalue weighted by Gasteiger charge is -2.16. The number of amides is 1. The number of carbonyl (C=O) groups excluding carboxylic acids is 1. The summed E-state index contributed by atoms with van der Waals surface area (Å²) in [4.78, 5) is 11.4. The molecule has 1 aliphatic rings. The van der Waals surface area contributed by atoms with E-state index in [4.69, 9.17) is 0 Å². The molecule has 0 heterocycles. The minimum Gasteiger partial charge on any atom is -0.355 e. The van der Waals surface area contributed by atoms with Gasteiger partial charge in [0, 0.05) is 25.2 Å². The Hall–Kier alpha value is -1.35. The second-order valence-corrected chi connectivity index (χ2v) is 5.35. The van der Waals surface area contributed by atoms with Gasteiger partial charge in [-0.3, -0.25) is 4.79 Å². The van der Waals surface area contributed by atoms with Crippen molar-refractivity contribution in [2.45, 2.75) is 51.1 Å². The first-order valence-corrected chi connectivity index (χ1v) is 7.34. The van der Waals surface area contributed by atoms with Crippen LogP contribution in [0.25, 0.3) is 0 Å². The Morgan fingerprint density at radius 3 is 2.32 bits per heavy atom. The topological polar surface area (TPSA) is 41.1 Å². The van der Waals surface area contributed by atoms with Crippen LogP contribution in [0.5, 0.6) is 0 Å². The third-order valence-electron chi connectivity index (χ3n) is 3.89. The minimum absolute atomic E-state index is 0.0247. The number of hydrogen-bond acceptors (Lipinski definition) is 2. The molecule has 1 aliphatic carbocycles. The van der Waals surface area contributed by atoms with Crippen LogP contribution in [-0.4, -0.2) is 19.0 Å². The Bertz CT molecular complexity index is 392. The van der Waals surface area contributed by atoms with Crippen LogP contribution >= 0.6 is 0 Å². The van der Waals surface area contributed by atoms with Gasteiger partial charge >= 0.3 is 0 Å². The van der Waals surface area contributed by atoms with Gasteiger partial charge < -0.3 is 10.6 Å². The minimum atomic E-state index is -0.0247. The molecule has 1 aromatic carbocycles. The first-order chi connectivity index (χ1) is 9.29. The molecule has 0 bridgehead atoms. The lowest BCUT2D eigenvalue weighted by atomic mass is 10.1. The van der Waals surface area contributed by atoms with Gasteiger partial charge in [-0.1, -0.05) is 37.8 Å². The third kappa shape index (κ3) is 4.35. The quantitative estimate of drug-likeness (QED) is 0.817. The van der Waals surface area contributed by atoms with Crippen LogP contribution in [0.2, 0.25) is 0 Å². The number of rotatable bonds is 4. The smallest absolute Gasteiger partial charge is 0.251 e. The molecule has 1 aromatic rings. The monoisotopic (exact) mass is 260 g/mol. The van der Waals surface area contributed by atoms with Crippen molar-refractivity contribution in [3.05, 3.63) is 35.4 Å².